The van der Waals surface area contributed by atoms with Crippen LogP contribution in [0.5, 0.6) is 0 Å². The molecule has 0 atom stereocenters. The molecule has 0 saturated carbocycles. The molecule has 3 amide bonds. The summed E-state index contributed by atoms with van der Waals surface area (Å²) in [7, 11) is 1.62. The van der Waals surface area contributed by atoms with Crippen LogP contribution in [0.3, 0.4) is 0 Å². The van der Waals surface area contributed by atoms with Gasteiger partial charge in [-0.1, -0.05) is 19.1 Å². The van der Waals surface area contributed by atoms with E-state index in [1.54, 1.807) is 44.4 Å². The van der Waals surface area contributed by atoms with Crippen molar-refractivity contribution in [1.29, 1.82) is 0 Å². The van der Waals surface area contributed by atoms with E-state index in [2.05, 4.69) is 15.6 Å². The number of nitrogens with one attached hydrogen (secondary N) is 1. The molecule has 1 aromatic carbocycles. The smallest absolute Gasteiger partial charge is 0.274 e. The molecule has 24 heteroatoms. The van der Waals surface area contributed by atoms with Crippen molar-refractivity contribution < 1.29 is 70.9 Å². The van der Waals surface area contributed by atoms with E-state index >= 15 is 0 Å². The Morgan fingerprint density at radius 1 is 0.684 bits per heavy atom. The molecule has 424 valence electrons. The fourth-order valence-corrected chi connectivity index (χ4v) is 7.80. The minimum atomic E-state index is -0.695. The highest BCUT2D eigenvalue weighted by atomic mass is 19.1. The lowest BCUT2D eigenvalue weighted by Gasteiger charge is -2.46. The van der Waals surface area contributed by atoms with Crippen molar-refractivity contribution in [3.8, 4) is 11.3 Å². The van der Waals surface area contributed by atoms with Crippen molar-refractivity contribution in [1.82, 2.24) is 44.7 Å². The van der Waals surface area contributed by atoms with Crippen LogP contribution in [-0.2, 0) is 74.8 Å². The highest BCUT2D eigenvalue weighted by Crippen LogP contribution is 2.28. The fourth-order valence-electron chi connectivity index (χ4n) is 7.80. The van der Waals surface area contributed by atoms with E-state index in [0.29, 0.717) is 183 Å². The lowest BCUT2D eigenvalue weighted by molar-refractivity contribution is -0.137. The normalized spacial score (nSPS) is 13.6. The summed E-state index contributed by atoms with van der Waals surface area (Å²) in [5.41, 5.74) is 3.22. The zero-order chi connectivity index (χ0) is 54.2. The number of nitrogens with zero attached hydrogens (tertiary/aromatic N) is 8. The quantitative estimate of drug-likeness (QED) is 0.0629. The molecule has 0 spiro atoms. The zero-order valence-electron chi connectivity index (χ0n) is 45.1. The summed E-state index contributed by atoms with van der Waals surface area (Å²) in [4.78, 5) is 47.8. The van der Waals surface area contributed by atoms with Crippen LogP contribution in [-0.4, -0.2) is 228 Å². The molecule has 3 aromatic heterocycles. The van der Waals surface area contributed by atoms with Gasteiger partial charge in [-0.3, -0.25) is 14.4 Å². The van der Waals surface area contributed by atoms with E-state index in [9.17, 15) is 18.8 Å². The first kappa shape index (κ1) is 61.7. The van der Waals surface area contributed by atoms with Gasteiger partial charge in [0.15, 0.2) is 5.65 Å². The second-order valence-corrected chi connectivity index (χ2v) is 18.5. The van der Waals surface area contributed by atoms with Gasteiger partial charge in [-0.25, -0.2) is 18.6 Å². The molecular weight excluding hydrogens is 994 g/mol. The van der Waals surface area contributed by atoms with E-state index in [4.69, 9.17) is 62.2 Å². The number of hydrogen-bond donors (Lipinski definition) is 1. The van der Waals surface area contributed by atoms with E-state index < -0.39 is 5.54 Å². The first-order valence-corrected chi connectivity index (χ1v) is 26.1. The number of piperazine rings is 1. The number of hydrogen-bond acceptors (Lipinski definition) is 18. The zero-order valence-corrected chi connectivity index (χ0v) is 45.1. The van der Waals surface area contributed by atoms with Gasteiger partial charge in [-0.05, 0) is 50.1 Å². The van der Waals surface area contributed by atoms with Gasteiger partial charge in [0.2, 0.25) is 11.8 Å². The van der Waals surface area contributed by atoms with Crippen molar-refractivity contribution >= 4 is 23.4 Å². The molecule has 76 heavy (non-hydrogen) atoms. The first-order valence-electron chi connectivity index (χ1n) is 26.1. The molecule has 1 aliphatic rings. The number of carbonyl (C=O) groups is 3. The van der Waals surface area contributed by atoms with Crippen molar-refractivity contribution in [2.45, 2.75) is 65.1 Å². The van der Waals surface area contributed by atoms with Gasteiger partial charge in [0.25, 0.3) is 5.91 Å². The summed E-state index contributed by atoms with van der Waals surface area (Å²) in [6.07, 6.45) is 3.56. The Bertz CT molecular complexity index is 2270. The number of fused-ring (bicyclic) bond motifs is 1. The Morgan fingerprint density at radius 2 is 1.20 bits per heavy atom. The average Bonchev–Trinajstić information content (AvgIpc) is 4.07. The van der Waals surface area contributed by atoms with Crippen LogP contribution in [0.2, 0.25) is 0 Å². The third kappa shape index (κ3) is 22.8. The molecule has 4 aromatic rings. The van der Waals surface area contributed by atoms with Crippen molar-refractivity contribution in [3.63, 3.8) is 0 Å². The molecule has 1 saturated heterocycles. The second-order valence-electron chi connectivity index (χ2n) is 18.5. The molecule has 1 fully saturated rings. The van der Waals surface area contributed by atoms with Crippen LogP contribution in [0.1, 0.15) is 68.2 Å². The largest absolute Gasteiger partial charge is 0.378 e. The van der Waals surface area contributed by atoms with E-state index in [1.165, 1.54) is 12.1 Å². The lowest BCUT2D eigenvalue weighted by Crippen LogP contribution is -2.62. The standard InChI is InChI=1S/C52H80FN9O14/c1-41(2)45-36-46(42-6-8-43(53)9-7-42)57-62-38-47(55-50(45)62)51(65)61-14-13-59(40-52(61,3)4)49(64)11-10-48(63)54-12-16-67-18-20-69-22-24-71-26-28-73-30-32-75-34-35-76-33-31-74-29-27-72-25-23-70-21-19-68-17-15-60-37-44(39-66-5)56-58-60/h6-9,36-38,41H,10-35,39-40H2,1-5H3,(H,54,63). The average molecular weight is 1070 g/mol. The van der Waals surface area contributed by atoms with Gasteiger partial charge in [0.1, 0.15) is 17.2 Å². The number of halogens is 1. The molecule has 4 heterocycles. The first-order chi connectivity index (χ1) is 36.9. The number of methoxy groups -OCH3 is 1. The number of rotatable bonds is 41. The fraction of sp³-hybridized carbons (Fsp3) is 0.673. The van der Waals surface area contributed by atoms with E-state index in [1.807, 2.05) is 40.0 Å². The highest BCUT2D eigenvalue weighted by molar-refractivity contribution is 5.94. The Hall–Kier alpha value is -5.12. The Morgan fingerprint density at radius 3 is 1.70 bits per heavy atom. The van der Waals surface area contributed by atoms with Gasteiger partial charge < -0.3 is 67.2 Å². The number of carbonyl (C=O) groups excluding carboxylic acids is 3. The molecule has 1 N–H and O–H groups in total. The van der Waals surface area contributed by atoms with Gasteiger partial charge in [-0.15, -0.1) is 5.10 Å². The maximum atomic E-state index is 13.9. The highest BCUT2D eigenvalue weighted by Gasteiger charge is 2.39. The molecule has 0 aliphatic carbocycles. The number of amides is 3. The molecular formula is C52H80FN9O14. The minimum Gasteiger partial charge on any atom is -0.378 e. The van der Waals surface area contributed by atoms with E-state index in [0.717, 1.165) is 16.8 Å². The molecule has 23 nitrogen and oxygen atoms in total. The number of aromatic nitrogens is 6. The Balaban J connectivity index is 0.750. The van der Waals surface area contributed by atoms with Crippen molar-refractivity contribution in [3.05, 3.63) is 65.5 Å². The summed E-state index contributed by atoms with van der Waals surface area (Å²) in [6, 6.07) is 8.04. The Kier molecular flexibility index (Phi) is 28.7. The summed E-state index contributed by atoms with van der Waals surface area (Å²) in [5, 5.41) is 15.5. The number of ether oxygens (including phenoxy) is 11. The third-order valence-corrected chi connectivity index (χ3v) is 11.8. The van der Waals surface area contributed by atoms with Gasteiger partial charge in [0, 0.05) is 57.3 Å². The third-order valence-electron chi connectivity index (χ3n) is 11.8. The van der Waals surface area contributed by atoms with Crippen LogP contribution < -0.4 is 5.32 Å². The summed E-state index contributed by atoms with van der Waals surface area (Å²) in [6.45, 7) is 19.2. The van der Waals surface area contributed by atoms with Crippen LogP contribution in [0.4, 0.5) is 4.39 Å². The maximum Gasteiger partial charge on any atom is 0.274 e. The summed E-state index contributed by atoms with van der Waals surface area (Å²) >= 11 is 0. The molecule has 5 rings (SSSR count). The predicted octanol–water partition coefficient (Wildman–Crippen LogP) is 3.22. The predicted molar refractivity (Wildman–Crippen MR) is 275 cm³/mol. The SMILES string of the molecule is COCc1cn(CCOCCOCCOCCOCCOCCOCCOCCOCCOCCOCCNC(=O)CCC(=O)N2CCN(C(=O)c3cn4nc(-c5ccc(F)cc5)cc(C(C)C)c4n3)C(C)(C)C2)nn1. The second kappa shape index (κ2) is 35.3. The molecule has 0 unspecified atom stereocenters. The summed E-state index contributed by atoms with van der Waals surface area (Å²) in [5.74, 6) is -0.901. The molecule has 0 bridgehead atoms. The number of imidazole rings is 1. The maximum absolute atomic E-state index is 13.9. The number of benzene rings is 1. The van der Waals surface area contributed by atoms with Crippen LogP contribution in [0.25, 0.3) is 16.9 Å². The molecule has 1 aliphatic heterocycles. The minimum absolute atomic E-state index is 0.0428. The Labute approximate surface area is 445 Å². The molecule has 0 radical (unpaired) electrons. The monoisotopic (exact) mass is 1070 g/mol. The topological polar surface area (TPSA) is 232 Å². The van der Waals surface area contributed by atoms with Crippen molar-refractivity contribution in [2.75, 3.05) is 165 Å². The van der Waals surface area contributed by atoms with Gasteiger partial charge in [0.05, 0.1) is 169 Å². The van der Waals surface area contributed by atoms with Crippen LogP contribution >= 0.6 is 0 Å². The van der Waals surface area contributed by atoms with E-state index in [-0.39, 0.29) is 48.0 Å². The van der Waals surface area contributed by atoms with Crippen LogP contribution in [0.15, 0.2) is 42.7 Å². The van der Waals surface area contributed by atoms with Crippen molar-refractivity contribution in [2.24, 2.45) is 0 Å². The van der Waals surface area contributed by atoms with Gasteiger partial charge in [-0.2, -0.15) is 5.10 Å². The van der Waals surface area contributed by atoms with Gasteiger partial charge >= 0.3 is 0 Å². The summed E-state index contributed by atoms with van der Waals surface area (Å²) < 4.78 is 77.2. The van der Waals surface area contributed by atoms with Crippen LogP contribution in [0, 0.1) is 5.82 Å². The lowest BCUT2D eigenvalue weighted by atomic mass is 9.97.